The van der Waals surface area contributed by atoms with Gasteiger partial charge in [0.15, 0.2) is 0 Å². The third-order valence-corrected chi connectivity index (χ3v) is 5.18. The first kappa shape index (κ1) is 14.9. The fourth-order valence-corrected chi connectivity index (χ4v) is 4.10. The normalized spacial score (nSPS) is 26.1. The molecule has 2 aliphatic rings. The molecule has 1 spiro atoms. The van der Waals surface area contributed by atoms with E-state index in [1.54, 1.807) is 12.1 Å². The third-order valence-electron chi connectivity index (χ3n) is 5.18. The maximum Gasteiger partial charge on any atom is 0.128 e. The Morgan fingerprint density at radius 3 is 2.86 bits per heavy atom. The zero-order valence-electron chi connectivity index (χ0n) is 12.7. The number of nitrogens with two attached hydrogens (primary N) is 1. The lowest BCUT2D eigenvalue weighted by molar-refractivity contribution is -0.0983. The van der Waals surface area contributed by atoms with E-state index in [1.165, 1.54) is 12.8 Å². The first-order valence-electron chi connectivity index (χ1n) is 8.00. The standard InChI is InChI=1S/C17H25FN2O/c1-12-4-5-15(18)14(10-12)16(20-19)13-6-9-21-17(11-13)7-2-3-8-17/h4-5,10,13,16,20H,2-3,6-9,11,19H2,1H3. The van der Waals surface area contributed by atoms with Gasteiger partial charge >= 0.3 is 0 Å². The lowest BCUT2D eigenvalue weighted by atomic mass is 9.78. The van der Waals surface area contributed by atoms with Crippen LogP contribution in [-0.2, 0) is 4.74 Å². The van der Waals surface area contributed by atoms with Crippen molar-refractivity contribution in [1.82, 2.24) is 5.43 Å². The number of nitrogens with one attached hydrogen (secondary N) is 1. The summed E-state index contributed by atoms with van der Waals surface area (Å²) in [6.45, 7) is 2.75. The smallest absolute Gasteiger partial charge is 0.128 e. The van der Waals surface area contributed by atoms with Crippen LogP contribution in [0.25, 0.3) is 0 Å². The van der Waals surface area contributed by atoms with Crippen LogP contribution in [0.15, 0.2) is 18.2 Å². The Morgan fingerprint density at radius 1 is 1.38 bits per heavy atom. The van der Waals surface area contributed by atoms with Gasteiger partial charge in [-0.25, -0.2) is 4.39 Å². The Hall–Kier alpha value is -0.970. The predicted octanol–water partition coefficient (Wildman–Crippen LogP) is 3.38. The number of aryl methyl sites for hydroxylation is 1. The minimum absolute atomic E-state index is 0.0261. The number of hydrogen-bond acceptors (Lipinski definition) is 3. The Labute approximate surface area is 126 Å². The van der Waals surface area contributed by atoms with E-state index >= 15 is 0 Å². The minimum Gasteiger partial charge on any atom is -0.375 e. The molecular weight excluding hydrogens is 267 g/mol. The third kappa shape index (κ3) is 2.98. The summed E-state index contributed by atoms with van der Waals surface area (Å²) in [4.78, 5) is 0. The van der Waals surface area contributed by atoms with Gasteiger partial charge in [0.05, 0.1) is 11.6 Å². The van der Waals surface area contributed by atoms with Crippen LogP contribution in [0.2, 0.25) is 0 Å². The molecular formula is C17H25FN2O. The van der Waals surface area contributed by atoms with Crippen molar-refractivity contribution in [1.29, 1.82) is 0 Å². The number of hydrazine groups is 1. The van der Waals surface area contributed by atoms with Gasteiger partial charge in [0, 0.05) is 12.2 Å². The van der Waals surface area contributed by atoms with Crippen molar-refractivity contribution in [3.63, 3.8) is 0 Å². The second-order valence-corrected chi connectivity index (χ2v) is 6.66. The maximum absolute atomic E-state index is 14.2. The number of halogens is 1. The van der Waals surface area contributed by atoms with Crippen molar-refractivity contribution in [2.45, 2.75) is 57.1 Å². The van der Waals surface area contributed by atoms with Crippen molar-refractivity contribution >= 4 is 0 Å². The van der Waals surface area contributed by atoms with Gasteiger partial charge in [-0.1, -0.05) is 30.5 Å². The van der Waals surface area contributed by atoms with Gasteiger partial charge in [-0.3, -0.25) is 11.3 Å². The highest BCUT2D eigenvalue weighted by Gasteiger charge is 2.42. The first-order valence-corrected chi connectivity index (χ1v) is 8.00. The molecule has 0 aromatic heterocycles. The van der Waals surface area contributed by atoms with Crippen LogP contribution in [0.5, 0.6) is 0 Å². The summed E-state index contributed by atoms with van der Waals surface area (Å²) < 4.78 is 20.3. The van der Waals surface area contributed by atoms with Crippen LogP contribution in [0, 0.1) is 18.7 Å². The Bertz CT molecular complexity index is 500. The molecule has 0 amide bonds. The molecule has 3 N–H and O–H groups in total. The van der Waals surface area contributed by atoms with E-state index in [9.17, 15) is 4.39 Å². The minimum atomic E-state index is -0.171. The molecule has 3 rings (SSSR count). The van der Waals surface area contributed by atoms with Gasteiger partial charge in [0.25, 0.3) is 0 Å². The van der Waals surface area contributed by atoms with Gasteiger partial charge in [-0.2, -0.15) is 0 Å². The quantitative estimate of drug-likeness (QED) is 0.663. The van der Waals surface area contributed by atoms with Gasteiger partial charge < -0.3 is 4.74 Å². The second kappa shape index (κ2) is 6.03. The molecule has 116 valence electrons. The topological polar surface area (TPSA) is 47.3 Å². The zero-order chi connectivity index (χ0) is 14.9. The van der Waals surface area contributed by atoms with Gasteiger partial charge in [-0.15, -0.1) is 0 Å². The SMILES string of the molecule is Cc1ccc(F)c(C(NN)C2CCOC3(CCCC3)C2)c1. The van der Waals surface area contributed by atoms with E-state index in [0.29, 0.717) is 11.5 Å². The zero-order valence-corrected chi connectivity index (χ0v) is 12.7. The largest absolute Gasteiger partial charge is 0.375 e. The average molecular weight is 292 g/mol. The highest BCUT2D eigenvalue weighted by atomic mass is 19.1. The summed E-state index contributed by atoms with van der Waals surface area (Å²) in [7, 11) is 0. The Balaban J connectivity index is 1.84. The number of rotatable bonds is 3. The molecule has 21 heavy (non-hydrogen) atoms. The van der Waals surface area contributed by atoms with Gasteiger partial charge in [-0.05, 0) is 44.6 Å². The van der Waals surface area contributed by atoms with E-state index in [1.807, 2.05) is 13.0 Å². The predicted molar refractivity (Wildman–Crippen MR) is 81.1 cm³/mol. The summed E-state index contributed by atoms with van der Waals surface area (Å²) in [5.41, 5.74) is 4.65. The monoisotopic (exact) mass is 292 g/mol. The van der Waals surface area contributed by atoms with Crippen LogP contribution >= 0.6 is 0 Å². The molecule has 1 aliphatic carbocycles. The molecule has 2 atom stereocenters. The van der Waals surface area contributed by atoms with E-state index in [-0.39, 0.29) is 17.5 Å². The van der Waals surface area contributed by atoms with Crippen molar-refractivity contribution < 1.29 is 9.13 Å². The van der Waals surface area contributed by atoms with Crippen molar-refractivity contribution in [3.8, 4) is 0 Å². The average Bonchev–Trinajstić information content (AvgIpc) is 2.91. The van der Waals surface area contributed by atoms with E-state index in [0.717, 1.165) is 37.9 Å². The van der Waals surface area contributed by atoms with Gasteiger partial charge in [0.2, 0.25) is 0 Å². The summed E-state index contributed by atoms with van der Waals surface area (Å²) in [5.74, 6) is 5.95. The first-order chi connectivity index (χ1) is 10.1. The van der Waals surface area contributed by atoms with E-state index in [4.69, 9.17) is 10.6 Å². The molecule has 2 fully saturated rings. The number of benzene rings is 1. The second-order valence-electron chi connectivity index (χ2n) is 6.66. The maximum atomic E-state index is 14.2. The van der Waals surface area contributed by atoms with Crippen LogP contribution in [0.4, 0.5) is 4.39 Å². The van der Waals surface area contributed by atoms with Crippen molar-refractivity contribution in [3.05, 3.63) is 35.1 Å². The number of hydrogen-bond donors (Lipinski definition) is 2. The van der Waals surface area contributed by atoms with Crippen LogP contribution in [0.3, 0.4) is 0 Å². The van der Waals surface area contributed by atoms with Crippen molar-refractivity contribution in [2.24, 2.45) is 11.8 Å². The Morgan fingerprint density at radius 2 is 2.14 bits per heavy atom. The molecule has 1 aliphatic heterocycles. The molecule has 3 nitrogen and oxygen atoms in total. The highest BCUT2D eigenvalue weighted by Crippen LogP contribution is 2.45. The van der Waals surface area contributed by atoms with Crippen molar-refractivity contribution in [2.75, 3.05) is 6.61 Å². The fraction of sp³-hybridized carbons (Fsp3) is 0.647. The Kier molecular flexibility index (Phi) is 4.29. The molecule has 0 radical (unpaired) electrons. The molecule has 1 heterocycles. The summed E-state index contributed by atoms with van der Waals surface area (Å²) in [5, 5.41) is 0. The number of ether oxygens (including phenoxy) is 1. The molecule has 0 bridgehead atoms. The highest BCUT2D eigenvalue weighted by molar-refractivity contribution is 5.27. The summed E-state index contributed by atoms with van der Waals surface area (Å²) in [6, 6.07) is 5.12. The van der Waals surface area contributed by atoms with Crippen LogP contribution < -0.4 is 11.3 Å². The fourth-order valence-electron chi connectivity index (χ4n) is 4.10. The van der Waals surface area contributed by atoms with Crippen LogP contribution in [-0.4, -0.2) is 12.2 Å². The summed E-state index contributed by atoms with van der Waals surface area (Å²) >= 11 is 0. The van der Waals surface area contributed by atoms with E-state index < -0.39 is 0 Å². The summed E-state index contributed by atoms with van der Waals surface area (Å²) in [6.07, 6.45) is 6.67. The molecule has 1 saturated carbocycles. The molecule has 1 saturated heterocycles. The lowest BCUT2D eigenvalue weighted by Gasteiger charge is -2.41. The molecule has 4 heteroatoms. The van der Waals surface area contributed by atoms with Gasteiger partial charge in [0.1, 0.15) is 5.82 Å². The lowest BCUT2D eigenvalue weighted by Crippen LogP contribution is -2.43. The van der Waals surface area contributed by atoms with Crippen LogP contribution in [0.1, 0.15) is 55.7 Å². The molecule has 2 unspecified atom stereocenters. The molecule has 1 aromatic carbocycles. The molecule has 1 aromatic rings. The van der Waals surface area contributed by atoms with E-state index in [2.05, 4.69) is 5.43 Å².